The summed E-state index contributed by atoms with van der Waals surface area (Å²) in [6, 6.07) is -0.965. The Balaban J connectivity index is 1.49. The van der Waals surface area contributed by atoms with E-state index >= 15 is 0 Å². The molecule has 436 valence electrons. The van der Waals surface area contributed by atoms with E-state index in [0.717, 1.165) is 44.9 Å². The molecule has 3 aliphatic heterocycles. The van der Waals surface area contributed by atoms with Crippen molar-refractivity contribution in [1.82, 2.24) is 5.32 Å². The Morgan fingerprint density at radius 3 is 1.27 bits per heavy atom. The SMILES string of the molecule is CCCCCCCCCC/C=C/C(O)C(COC1OC(CO)C(OC2OC(CO)C(OC3OC(CO)C(O)C(O)C3O)C(O)C2O)C(O)C1O)NC(=O)CCCCCCCCCCCCCCCCCCCCC. The number of carbonyl (C=O) groups excluding carboxylic acids is 1. The van der Waals surface area contributed by atoms with E-state index in [2.05, 4.69) is 19.2 Å². The summed E-state index contributed by atoms with van der Waals surface area (Å²) in [4.78, 5) is 13.3. The van der Waals surface area contributed by atoms with E-state index in [4.69, 9.17) is 28.4 Å². The lowest BCUT2D eigenvalue weighted by atomic mass is 9.96. The molecular formula is C55H103NO18. The Morgan fingerprint density at radius 1 is 0.473 bits per heavy atom. The quantitative estimate of drug-likeness (QED) is 0.0301. The van der Waals surface area contributed by atoms with Crippen LogP contribution >= 0.6 is 0 Å². The smallest absolute Gasteiger partial charge is 0.220 e. The average molecular weight is 1070 g/mol. The fourth-order valence-corrected chi connectivity index (χ4v) is 10.0. The van der Waals surface area contributed by atoms with Gasteiger partial charge in [0.05, 0.1) is 38.6 Å². The Labute approximate surface area is 442 Å². The first-order valence-corrected chi connectivity index (χ1v) is 28.9. The number of aliphatic hydroxyl groups excluding tert-OH is 11. The highest BCUT2D eigenvalue weighted by Crippen LogP contribution is 2.33. The summed E-state index contributed by atoms with van der Waals surface area (Å²) in [5, 5.41) is 120. The molecule has 0 aromatic heterocycles. The van der Waals surface area contributed by atoms with Crippen molar-refractivity contribution in [2.45, 2.75) is 304 Å². The minimum absolute atomic E-state index is 0.248. The second-order valence-electron chi connectivity index (χ2n) is 21.1. The van der Waals surface area contributed by atoms with Crippen LogP contribution in [0, 0.1) is 0 Å². The van der Waals surface area contributed by atoms with Gasteiger partial charge in [0, 0.05) is 6.42 Å². The molecule has 0 radical (unpaired) electrons. The molecule has 0 aromatic rings. The Morgan fingerprint density at radius 2 is 0.838 bits per heavy atom. The number of rotatable bonds is 42. The Kier molecular flexibility index (Phi) is 35.9. The molecule has 74 heavy (non-hydrogen) atoms. The number of carbonyl (C=O) groups is 1. The topological polar surface area (TPSA) is 307 Å². The Bertz CT molecular complexity index is 1410. The van der Waals surface area contributed by atoms with E-state index in [1.54, 1.807) is 6.08 Å². The lowest BCUT2D eigenvalue weighted by Crippen LogP contribution is -2.66. The third-order valence-electron chi connectivity index (χ3n) is 14.8. The first-order chi connectivity index (χ1) is 35.8. The van der Waals surface area contributed by atoms with Gasteiger partial charge in [0.15, 0.2) is 18.9 Å². The number of ether oxygens (including phenoxy) is 6. The van der Waals surface area contributed by atoms with E-state index in [-0.39, 0.29) is 18.9 Å². The van der Waals surface area contributed by atoms with Crippen molar-refractivity contribution in [3.05, 3.63) is 12.2 Å². The third-order valence-corrected chi connectivity index (χ3v) is 14.8. The molecule has 12 N–H and O–H groups in total. The van der Waals surface area contributed by atoms with Crippen LogP contribution < -0.4 is 5.32 Å². The molecule has 19 heteroatoms. The van der Waals surface area contributed by atoms with Gasteiger partial charge in [-0.25, -0.2) is 0 Å². The summed E-state index contributed by atoms with van der Waals surface area (Å²) in [6.45, 7) is 1.70. The largest absolute Gasteiger partial charge is 0.394 e. The molecule has 19 nitrogen and oxygen atoms in total. The lowest BCUT2D eigenvalue weighted by Gasteiger charge is -2.48. The van der Waals surface area contributed by atoms with Gasteiger partial charge in [-0.15, -0.1) is 0 Å². The van der Waals surface area contributed by atoms with E-state index in [1.807, 2.05) is 6.08 Å². The minimum atomic E-state index is -1.97. The first-order valence-electron chi connectivity index (χ1n) is 28.9. The number of amides is 1. The predicted molar refractivity (Wildman–Crippen MR) is 277 cm³/mol. The van der Waals surface area contributed by atoms with Gasteiger partial charge >= 0.3 is 0 Å². The highest BCUT2D eigenvalue weighted by atomic mass is 16.8. The monoisotopic (exact) mass is 1070 g/mol. The van der Waals surface area contributed by atoms with Crippen LogP contribution in [0.15, 0.2) is 12.2 Å². The van der Waals surface area contributed by atoms with E-state index in [1.165, 1.54) is 128 Å². The molecule has 1 amide bonds. The number of aliphatic hydroxyl groups is 11. The van der Waals surface area contributed by atoms with Crippen LogP contribution in [0.25, 0.3) is 0 Å². The first kappa shape index (κ1) is 66.8. The molecule has 17 atom stereocenters. The molecule has 0 aromatic carbocycles. The summed E-state index contributed by atoms with van der Waals surface area (Å²) < 4.78 is 34.2. The summed E-state index contributed by atoms with van der Waals surface area (Å²) in [6.07, 6.45) is 10.7. The van der Waals surface area contributed by atoms with E-state index < -0.39 is 124 Å². The summed E-state index contributed by atoms with van der Waals surface area (Å²) in [7, 11) is 0. The standard InChI is InChI=1S/C55H103NO18/c1-3-5-7-9-11-13-15-16-17-18-19-20-21-22-23-25-27-29-31-33-43(61)56-38(39(60)32-30-28-26-24-14-12-10-8-6-4-2)37-69-53-49(67)46(64)51(41(35-58)71-53)74-55-50(68)47(65)52(42(36-59)72-55)73-54-48(66)45(63)44(62)40(34-57)70-54/h30,32,38-42,44-55,57-60,62-68H,3-29,31,33-37H2,1-2H3,(H,56,61)/b32-30+. The number of nitrogens with one attached hydrogen (secondary N) is 1. The lowest BCUT2D eigenvalue weighted by molar-refractivity contribution is -0.379. The van der Waals surface area contributed by atoms with Crippen LogP contribution in [0.2, 0.25) is 0 Å². The molecule has 17 unspecified atom stereocenters. The second-order valence-corrected chi connectivity index (χ2v) is 21.1. The van der Waals surface area contributed by atoms with Crippen LogP contribution in [0.1, 0.15) is 200 Å². The zero-order valence-corrected chi connectivity index (χ0v) is 45.1. The number of hydrogen-bond acceptors (Lipinski definition) is 18. The summed E-state index contributed by atoms with van der Waals surface area (Å²) >= 11 is 0. The van der Waals surface area contributed by atoms with Gasteiger partial charge < -0.3 is 89.9 Å². The van der Waals surface area contributed by atoms with E-state index in [9.17, 15) is 61.0 Å². The molecule has 3 heterocycles. The summed E-state index contributed by atoms with van der Waals surface area (Å²) in [5.41, 5.74) is 0. The van der Waals surface area contributed by atoms with Gasteiger partial charge in [0.1, 0.15) is 73.2 Å². The van der Waals surface area contributed by atoms with Crippen molar-refractivity contribution in [2.24, 2.45) is 0 Å². The number of allylic oxidation sites excluding steroid dienone is 1. The maximum atomic E-state index is 13.3. The predicted octanol–water partition coefficient (Wildman–Crippen LogP) is 4.21. The molecule has 3 fully saturated rings. The molecule has 3 rings (SSSR count). The van der Waals surface area contributed by atoms with Crippen LogP contribution in [0.5, 0.6) is 0 Å². The molecular weight excluding hydrogens is 963 g/mol. The van der Waals surface area contributed by atoms with Crippen LogP contribution in [0.3, 0.4) is 0 Å². The highest BCUT2D eigenvalue weighted by molar-refractivity contribution is 5.76. The second kappa shape index (κ2) is 39.8. The zero-order valence-electron chi connectivity index (χ0n) is 45.1. The maximum Gasteiger partial charge on any atom is 0.220 e. The van der Waals surface area contributed by atoms with Gasteiger partial charge in [0.25, 0.3) is 0 Å². The molecule has 0 bridgehead atoms. The summed E-state index contributed by atoms with van der Waals surface area (Å²) in [5.74, 6) is -0.275. The minimum Gasteiger partial charge on any atom is -0.394 e. The third kappa shape index (κ3) is 24.3. The molecule has 0 spiro atoms. The van der Waals surface area contributed by atoms with Crippen LogP contribution in [-0.2, 0) is 33.2 Å². The molecule has 3 saturated heterocycles. The van der Waals surface area contributed by atoms with Gasteiger partial charge in [-0.3, -0.25) is 4.79 Å². The molecule has 0 aliphatic carbocycles. The Hall–Kier alpha value is -1.47. The molecule has 3 aliphatic rings. The normalized spacial score (nSPS) is 31.5. The molecule has 0 saturated carbocycles. The fraction of sp³-hybridized carbons (Fsp3) is 0.945. The highest BCUT2D eigenvalue weighted by Gasteiger charge is 2.53. The van der Waals surface area contributed by atoms with E-state index in [0.29, 0.717) is 6.42 Å². The van der Waals surface area contributed by atoms with Crippen molar-refractivity contribution >= 4 is 5.91 Å². The van der Waals surface area contributed by atoms with Crippen LogP contribution in [-0.4, -0.2) is 193 Å². The maximum absolute atomic E-state index is 13.3. The number of unbranched alkanes of at least 4 members (excludes halogenated alkanes) is 26. The van der Waals surface area contributed by atoms with Gasteiger partial charge in [-0.2, -0.15) is 0 Å². The van der Waals surface area contributed by atoms with Crippen molar-refractivity contribution in [2.75, 3.05) is 26.4 Å². The van der Waals surface area contributed by atoms with Gasteiger partial charge in [-0.1, -0.05) is 187 Å². The van der Waals surface area contributed by atoms with Crippen molar-refractivity contribution in [3.8, 4) is 0 Å². The zero-order chi connectivity index (χ0) is 54.1. The fourth-order valence-electron chi connectivity index (χ4n) is 10.0. The van der Waals surface area contributed by atoms with Crippen LogP contribution in [0.4, 0.5) is 0 Å². The van der Waals surface area contributed by atoms with Crippen molar-refractivity contribution in [3.63, 3.8) is 0 Å². The van der Waals surface area contributed by atoms with Gasteiger partial charge in [-0.05, 0) is 19.3 Å². The van der Waals surface area contributed by atoms with Gasteiger partial charge in [0.2, 0.25) is 5.91 Å². The van der Waals surface area contributed by atoms with Crippen molar-refractivity contribution in [1.29, 1.82) is 0 Å². The number of hydrogen-bond donors (Lipinski definition) is 12. The average Bonchev–Trinajstić information content (AvgIpc) is 3.40. The van der Waals surface area contributed by atoms with Crippen molar-refractivity contribution < 1.29 is 89.4 Å².